The van der Waals surface area contributed by atoms with Crippen LogP contribution in [-0.4, -0.2) is 16.1 Å². The third kappa shape index (κ3) is 3.54. The number of hydrogen-bond donors (Lipinski definition) is 0. The van der Waals surface area contributed by atoms with Crippen LogP contribution < -0.4 is 14.9 Å². The second kappa shape index (κ2) is 8.58. The van der Waals surface area contributed by atoms with Crippen LogP contribution >= 0.6 is 34.9 Å². The Labute approximate surface area is 199 Å². The number of benzene rings is 2. The second-order valence-corrected chi connectivity index (χ2v) is 11.6. The standard InChI is InChI=1S/C26H22N2OS3/c29-24-21(16-17-8-3-1-4-9-17)32-26-27-22-19(12-7-13-20(22)25-30-14-15-31-25)23(28(24)26)18-10-5-2-6-11-18/h1-6,8-11,16,23H,7,12-15H2/b21-16-. The van der Waals surface area contributed by atoms with E-state index in [4.69, 9.17) is 4.99 Å². The number of hydrogen-bond acceptors (Lipinski definition) is 5. The van der Waals surface area contributed by atoms with Gasteiger partial charge in [0, 0.05) is 15.7 Å². The molecule has 0 spiro atoms. The first kappa shape index (κ1) is 20.3. The van der Waals surface area contributed by atoms with E-state index >= 15 is 0 Å². The van der Waals surface area contributed by atoms with Crippen molar-refractivity contribution in [2.45, 2.75) is 25.3 Å². The number of rotatable bonds is 2. The molecule has 0 radical (unpaired) electrons. The Balaban J connectivity index is 1.62. The lowest BCUT2D eigenvalue weighted by Gasteiger charge is -2.31. The zero-order valence-electron chi connectivity index (χ0n) is 17.5. The van der Waals surface area contributed by atoms with Gasteiger partial charge < -0.3 is 0 Å². The summed E-state index contributed by atoms with van der Waals surface area (Å²) in [6.07, 6.45) is 5.19. The van der Waals surface area contributed by atoms with Crippen LogP contribution in [0.3, 0.4) is 0 Å². The highest BCUT2D eigenvalue weighted by Gasteiger charge is 2.33. The second-order valence-electron chi connectivity index (χ2n) is 8.09. The minimum atomic E-state index is -0.0762. The van der Waals surface area contributed by atoms with E-state index in [1.807, 2.05) is 70.6 Å². The van der Waals surface area contributed by atoms with Crippen molar-refractivity contribution in [1.29, 1.82) is 0 Å². The molecule has 2 aromatic carbocycles. The van der Waals surface area contributed by atoms with E-state index in [1.54, 1.807) is 0 Å². The molecule has 1 unspecified atom stereocenters. The van der Waals surface area contributed by atoms with Crippen molar-refractivity contribution >= 4 is 40.9 Å². The summed E-state index contributed by atoms with van der Waals surface area (Å²) in [7, 11) is 0. The van der Waals surface area contributed by atoms with Crippen LogP contribution in [0.5, 0.6) is 0 Å². The zero-order chi connectivity index (χ0) is 21.5. The minimum absolute atomic E-state index is 0.0578. The first-order valence-corrected chi connectivity index (χ1v) is 13.7. The van der Waals surface area contributed by atoms with Gasteiger partial charge in [-0.05, 0) is 47.6 Å². The van der Waals surface area contributed by atoms with Crippen LogP contribution in [0.4, 0.5) is 0 Å². The van der Waals surface area contributed by atoms with Crippen molar-refractivity contribution < 1.29 is 0 Å². The van der Waals surface area contributed by atoms with Crippen LogP contribution in [0.15, 0.2) is 91.5 Å². The lowest BCUT2D eigenvalue weighted by molar-refractivity contribution is 0.553. The Hall–Kier alpha value is -2.28. The summed E-state index contributed by atoms with van der Waals surface area (Å²) in [4.78, 5) is 19.6. The van der Waals surface area contributed by atoms with Gasteiger partial charge in [0.15, 0.2) is 4.80 Å². The van der Waals surface area contributed by atoms with Gasteiger partial charge in [0.05, 0.1) is 16.3 Å². The van der Waals surface area contributed by atoms with Crippen molar-refractivity contribution in [2.24, 2.45) is 4.99 Å². The van der Waals surface area contributed by atoms with Gasteiger partial charge in [-0.2, -0.15) is 0 Å². The molecule has 3 aromatic rings. The Kier molecular flexibility index (Phi) is 5.45. The molecule has 1 aromatic heterocycles. The lowest BCUT2D eigenvalue weighted by atomic mass is 9.85. The molecule has 2 aliphatic heterocycles. The quantitative estimate of drug-likeness (QED) is 0.519. The maximum absolute atomic E-state index is 13.7. The number of thioether (sulfide) groups is 2. The number of thiazole rings is 1. The first-order valence-electron chi connectivity index (χ1n) is 10.9. The molecule has 0 N–H and O–H groups in total. The van der Waals surface area contributed by atoms with Crippen LogP contribution in [-0.2, 0) is 0 Å². The molecule has 1 fully saturated rings. The van der Waals surface area contributed by atoms with Crippen LogP contribution in [0.2, 0.25) is 0 Å². The number of aromatic nitrogens is 1. The molecular formula is C26H22N2OS3. The maximum atomic E-state index is 13.7. The Morgan fingerprint density at radius 2 is 1.66 bits per heavy atom. The van der Waals surface area contributed by atoms with Gasteiger partial charge in [-0.25, -0.2) is 4.99 Å². The van der Waals surface area contributed by atoms with E-state index < -0.39 is 0 Å². The molecule has 6 rings (SSSR count). The molecule has 1 saturated heterocycles. The molecule has 0 amide bonds. The number of allylic oxidation sites excluding steroid dienone is 2. The molecule has 1 atom stereocenters. The highest BCUT2D eigenvalue weighted by atomic mass is 32.2. The van der Waals surface area contributed by atoms with E-state index in [9.17, 15) is 4.79 Å². The molecule has 3 nitrogen and oxygen atoms in total. The predicted molar refractivity (Wildman–Crippen MR) is 137 cm³/mol. The molecular weight excluding hydrogens is 453 g/mol. The lowest BCUT2D eigenvalue weighted by Crippen LogP contribution is -2.39. The summed E-state index contributed by atoms with van der Waals surface area (Å²) in [6, 6.07) is 20.5. The van der Waals surface area contributed by atoms with Crippen molar-refractivity contribution in [3.05, 3.63) is 113 Å². The van der Waals surface area contributed by atoms with E-state index in [-0.39, 0.29) is 11.6 Å². The van der Waals surface area contributed by atoms with Crippen LogP contribution in [0.25, 0.3) is 6.08 Å². The fourth-order valence-electron chi connectivity index (χ4n) is 4.71. The summed E-state index contributed by atoms with van der Waals surface area (Å²) < 4.78 is 4.13. The maximum Gasteiger partial charge on any atom is 0.271 e. The summed E-state index contributed by atoms with van der Waals surface area (Å²) in [5.41, 5.74) is 6.12. The zero-order valence-corrected chi connectivity index (χ0v) is 19.9. The predicted octanol–water partition coefficient (Wildman–Crippen LogP) is 5.09. The molecule has 3 aliphatic rings. The van der Waals surface area contributed by atoms with E-state index in [0.29, 0.717) is 0 Å². The smallest absolute Gasteiger partial charge is 0.271 e. The number of fused-ring (bicyclic) bond motifs is 1. The Morgan fingerprint density at radius 3 is 2.41 bits per heavy atom. The van der Waals surface area contributed by atoms with Crippen molar-refractivity contribution in [3.63, 3.8) is 0 Å². The van der Waals surface area contributed by atoms with Crippen LogP contribution in [0.1, 0.15) is 36.4 Å². The first-order chi connectivity index (χ1) is 15.8. The largest absolute Gasteiger partial charge is 0.272 e. The van der Waals surface area contributed by atoms with Gasteiger partial charge in [-0.3, -0.25) is 9.36 Å². The van der Waals surface area contributed by atoms with Gasteiger partial charge in [0.2, 0.25) is 0 Å². The van der Waals surface area contributed by atoms with Crippen molar-refractivity contribution in [1.82, 2.24) is 4.57 Å². The SMILES string of the molecule is O=c1/c(=C/c2ccccc2)sc2n1C(c1ccccc1)C1=C(N=2)C(=C2SCCS2)CCC1. The summed E-state index contributed by atoms with van der Waals surface area (Å²) in [5, 5.41) is 0. The fourth-order valence-corrected chi connectivity index (χ4v) is 8.32. The third-order valence-corrected chi connectivity index (χ3v) is 9.89. The van der Waals surface area contributed by atoms with E-state index in [2.05, 4.69) is 24.3 Å². The molecule has 0 saturated carbocycles. The van der Waals surface area contributed by atoms with Crippen molar-refractivity contribution in [2.75, 3.05) is 11.5 Å². The molecule has 1 aliphatic carbocycles. The van der Waals surface area contributed by atoms with E-state index in [1.165, 1.54) is 43.8 Å². The Bertz CT molecular complexity index is 1410. The molecule has 0 bridgehead atoms. The normalized spacial score (nSPS) is 20.9. The van der Waals surface area contributed by atoms with Gasteiger partial charge in [-0.1, -0.05) is 72.0 Å². The highest BCUT2D eigenvalue weighted by Crippen LogP contribution is 2.47. The van der Waals surface area contributed by atoms with Crippen LogP contribution in [0, 0.1) is 0 Å². The third-order valence-electron chi connectivity index (χ3n) is 6.10. The Morgan fingerprint density at radius 1 is 0.938 bits per heavy atom. The average molecular weight is 475 g/mol. The highest BCUT2D eigenvalue weighted by molar-refractivity contribution is 8.25. The summed E-state index contributed by atoms with van der Waals surface area (Å²) >= 11 is 5.45. The molecule has 3 heterocycles. The van der Waals surface area contributed by atoms with Gasteiger partial charge in [-0.15, -0.1) is 23.5 Å². The van der Waals surface area contributed by atoms with Gasteiger partial charge >= 0.3 is 0 Å². The molecule has 160 valence electrons. The average Bonchev–Trinajstić information content (AvgIpc) is 3.47. The van der Waals surface area contributed by atoms with E-state index in [0.717, 1.165) is 39.9 Å². The van der Waals surface area contributed by atoms with Gasteiger partial charge in [0.25, 0.3) is 5.56 Å². The molecule has 32 heavy (non-hydrogen) atoms. The van der Waals surface area contributed by atoms with Crippen molar-refractivity contribution in [3.8, 4) is 0 Å². The summed E-state index contributed by atoms with van der Waals surface area (Å²) in [5.74, 6) is 2.35. The monoisotopic (exact) mass is 474 g/mol. The fraction of sp³-hybridized carbons (Fsp3) is 0.231. The summed E-state index contributed by atoms with van der Waals surface area (Å²) in [6.45, 7) is 0. The number of nitrogens with zero attached hydrogens (tertiary/aromatic N) is 2. The van der Waals surface area contributed by atoms with Gasteiger partial charge in [0.1, 0.15) is 0 Å². The molecule has 6 heteroatoms. The topological polar surface area (TPSA) is 34.4 Å². The minimum Gasteiger partial charge on any atom is -0.272 e.